The van der Waals surface area contributed by atoms with Gasteiger partial charge in [-0.05, 0) is 73.8 Å². The van der Waals surface area contributed by atoms with Gasteiger partial charge >= 0.3 is 13.2 Å². The zero-order valence-electron chi connectivity index (χ0n) is 20.9. The Hall–Kier alpha value is -2.06. The van der Waals surface area contributed by atoms with Crippen LogP contribution >= 0.6 is 0 Å². The monoisotopic (exact) mass is 444 g/mol. The first-order valence-corrected chi connectivity index (χ1v) is 11.4. The molecule has 0 N–H and O–H groups in total. The van der Waals surface area contributed by atoms with Crippen LogP contribution in [0.15, 0.2) is 18.2 Å². The minimum atomic E-state index is -0.612. The van der Waals surface area contributed by atoms with Gasteiger partial charge < -0.3 is 23.8 Å². The fourth-order valence-corrected chi connectivity index (χ4v) is 4.05. The number of ether oxygens (including phenoxy) is 1. The summed E-state index contributed by atoms with van der Waals surface area (Å²) in [5.41, 5.74) is 0.777. The molecule has 2 amide bonds. The molecule has 2 fully saturated rings. The van der Waals surface area contributed by atoms with Crippen LogP contribution in [-0.4, -0.2) is 71.4 Å². The second-order valence-electron chi connectivity index (χ2n) is 10.9. The maximum atomic E-state index is 13.6. The third-order valence-electron chi connectivity index (χ3n) is 6.58. The molecule has 0 radical (unpaired) electrons. The van der Waals surface area contributed by atoms with Crippen LogP contribution in [0, 0.1) is 6.92 Å². The van der Waals surface area contributed by atoms with Gasteiger partial charge in [0.05, 0.1) is 11.2 Å². The number of nitrogens with zero attached hydrogens (tertiary/aromatic N) is 2. The van der Waals surface area contributed by atoms with Crippen molar-refractivity contribution in [2.45, 2.75) is 85.2 Å². The number of hydrogen-bond acceptors (Lipinski definition) is 5. The molecule has 2 aliphatic heterocycles. The van der Waals surface area contributed by atoms with E-state index in [4.69, 9.17) is 14.0 Å². The summed E-state index contributed by atoms with van der Waals surface area (Å²) in [6.07, 6.45) is -0.343. The van der Waals surface area contributed by atoms with E-state index in [1.54, 1.807) is 4.90 Å². The van der Waals surface area contributed by atoms with Crippen molar-refractivity contribution in [2.24, 2.45) is 0 Å². The molecule has 3 rings (SSSR count). The lowest BCUT2D eigenvalue weighted by Gasteiger charge is -2.40. The van der Waals surface area contributed by atoms with Crippen molar-refractivity contribution in [1.29, 1.82) is 0 Å². The van der Waals surface area contributed by atoms with Crippen molar-refractivity contribution in [3.63, 3.8) is 0 Å². The maximum Gasteiger partial charge on any atom is 0.495 e. The molecule has 0 aliphatic carbocycles. The van der Waals surface area contributed by atoms with Crippen LogP contribution in [0.4, 0.5) is 4.79 Å². The second kappa shape index (κ2) is 8.38. The molecule has 176 valence electrons. The Bertz CT molecular complexity index is 877. The molecule has 0 spiro atoms. The first-order chi connectivity index (χ1) is 14.6. The van der Waals surface area contributed by atoms with E-state index in [1.807, 2.05) is 85.4 Å². The number of carbonyl (C=O) groups is 2. The van der Waals surface area contributed by atoms with E-state index < -0.39 is 23.9 Å². The standard InChI is InChI=1S/C24H37BN2O5/c1-16-11-10-12-18(19(16)25-31-23(6,7)24(8,9)32-25)20(28)27-14-13-26(15-17(27)2)21(29)30-22(3,4)5/h10-12,17H,13-15H2,1-9H3. The summed E-state index contributed by atoms with van der Waals surface area (Å²) in [7, 11) is -0.612. The lowest BCUT2D eigenvalue weighted by molar-refractivity contribution is 0.00578. The van der Waals surface area contributed by atoms with E-state index >= 15 is 0 Å². The third-order valence-corrected chi connectivity index (χ3v) is 6.58. The zero-order valence-corrected chi connectivity index (χ0v) is 20.9. The van der Waals surface area contributed by atoms with Gasteiger partial charge in [0.1, 0.15) is 5.60 Å². The maximum absolute atomic E-state index is 13.6. The lowest BCUT2D eigenvalue weighted by atomic mass is 9.73. The number of benzene rings is 1. The molecule has 7 nitrogen and oxygen atoms in total. The van der Waals surface area contributed by atoms with Crippen molar-refractivity contribution < 1.29 is 23.6 Å². The van der Waals surface area contributed by atoms with Crippen LogP contribution in [0.3, 0.4) is 0 Å². The van der Waals surface area contributed by atoms with Crippen molar-refractivity contribution in [1.82, 2.24) is 9.80 Å². The van der Waals surface area contributed by atoms with Crippen LogP contribution in [0.25, 0.3) is 0 Å². The number of hydrogen-bond donors (Lipinski definition) is 0. The highest BCUT2D eigenvalue weighted by atomic mass is 16.7. The Kier molecular flexibility index (Phi) is 6.44. The molecule has 2 heterocycles. The highest BCUT2D eigenvalue weighted by molar-refractivity contribution is 6.64. The zero-order chi connectivity index (χ0) is 24.1. The molecule has 1 unspecified atom stereocenters. The van der Waals surface area contributed by atoms with Gasteiger partial charge in [-0.15, -0.1) is 0 Å². The second-order valence-corrected chi connectivity index (χ2v) is 10.9. The summed E-state index contributed by atoms with van der Waals surface area (Å²) in [6, 6.07) is 5.55. The van der Waals surface area contributed by atoms with Gasteiger partial charge in [0.15, 0.2) is 0 Å². The summed E-state index contributed by atoms with van der Waals surface area (Å²) in [4.78, 5) is 29.6. The van der Waals surface area contributed by atoms with E-state index in [-0.39, 0.29) is 18.0 Å². The van der Waals surface area contributed by atoms with E-state index in [2.05, 4.69) is 0 Å². The summed E-state index contributed by atoms with van der Waals surface area (Å²) in [6.45, 7) is 18.8. The Balaban J connectivity index is 1.81. The van der Waals surface area contributed by atoms with E-state index in [0.29, 0.717) is 25.2 Å². The van der Waals surface area contributed by atoms with Crippen LogP contribution in [0.5, 0.6) is 0 Å². The topological polar surface area (TPSA) is 68.3 Å². The fourth-order valence-electron chi connectivity index (χ4n) is 4.05. The molecule has 0 saturated carbocycles. The highest BCUT2D eigenvalue weighted by Crippen LogP contribution is 2.37. The lowest BCUT2D eigenvalue weighted by Crippen LogP contribution is -2.57. The van der Waals surface area contributed by atoms with Crippen LogP contribution in [0.1, 0.15) is 71.3 Å². The molecular weight excluding hydrogens is 407 g/mol. The Labute approximate surface area is 192 Å². The highest BCUT2D eigenvalue weighted by Gasteiger charge is 2.53. The number of piperazine rings is 1. The Morgan fingerprint density at radius 3 is 2.22 bits per heavy atom. The SMILES string of the molecule is Cc1cccc(C(=O)N2CCN(C(=O)OC(C)(C)C)CC2C)c1B1OC(C)(C)C(C)(C)O1. The van der Waals surface area contributed by atoms with Crippen molar-refractivity contribution in [3.8, 4) is 0 Å². The molecule has 1 atom stereocenters. The largest absolute Gasteiger partial charge is 0.495 e. The Morgan fingerprint density at radius 2 is 1.69 bits per heavy atom. The van der Waals surface area contributed by atoms with Gasteiger partial charge in [-0.25, -0.2) is 4.79 Å². The van der Waals surface area contributed by atoms with Gasteiger partial charge in [0.25, 0.3) is 5.91 Å². The average molecular weight is 444 g/mol. The van der Waals surface area contributed by atoms with Gasteiger partial charge in [-0.3, -0.25) is 4.79 Å². The van der Waals surface area contributed by atoms with Crippen LogP contribution in [0.2, 0.25) is 0 Å². The summed E-state index contributed by atoms with van der Waals surface area (Å²) < 4.78 is 18.0. The molecule has 2 aliphatic rings. The quantitative estimate of drug-likeness (QED) is 0.655. The fraction of sp³-hybridized carbons (Fsp3) is 0.667. The molecule has 1 aromatic rings. The molecule has 0 bridgehead atoms. The first-order valence-electron chi connectivity index (χ1n) is 11.4. The van der Waals surface area contributed by atoms with E-state index in [0.717, 1.165) is 11.0 Å². The van der Waals surface area contributed by atoms with Crippen molar-refractivity contribution in [2.75, 3.05) is 19.6 Å². The number of amides is 2. The minimum absolute atomic E-state index is 0.0743. The molecular formula is C24H37BN2O5. The number of carbonyl (C=O) groups excluding carboxylic acids is 2. The average Bonchev–Trinajstić information content (AvgIpc) is 2.86. The third kappa shape index (κ3) is 4.81. The predicted octanol–water partition coefficient (Wildman–Crippen LogP) is 3.38. The summed E-state index contributed by atoms with van der Waals surface area (Å²) >= 11 is 0. The molecule has 32 heavy (non-hydrogen) atoms. The molecule has 8 heteroatoms. The first kappa shape index (κ1) is 24.6. The molecule has 1 aromatic carbocycles. The van der Waals surface area contributed by atoms with Gasteiger partial charge in [-0.2, -0.15) is 0 Å². The van der Waals surface area contributed by atoms with Crippen LogP contribution in [-0.2, 0) is 14.0 Å². The molecule has 2 saturated heterocycles. The van der Waals surface area contributed by atoms with Gasteiger partial charge in [0, 0.05) is 31.2 Å². The van der Waals surface area contributed by atoms with Crippen molar-refractivity contribution in [3.05, 3.63) is 29.3 Å². The van der Waals surface area contributed by atoms with Gasteiger partial charge in [-0.1, -0.05) is 17.7 Å². The van der Waals surface area contributed by atoms with E-state index in [1.165, 1.54) is 0 Å². The number of aryl methyl sites for hydroxylation is 1. The number of rotatable bonds is 2. The van der Waals surface area contributed by atoms with Crippen molar-refractivity contribution >= 4 is 24.6 Å². The normalized spacial score (nSPS) is 22.8. The van der Waals surface area contributed by atoms with Gasteiger partial charge in [0.2, 0.25) is 0 Å². The van der Waals surface area contributed by atoms with E-state index in [9.17, 15) is 9.59 Å². The summed E-state index contributed by atoms with van der Waals surface area (Å²) in [5.74, 6) is -0.0743. The predicted molar refractivity (Wildman–Crippen MR) is 125 cm³/mol. The molecule has 0 aromatic heterocycles. The minimum Gasteiger partial charge on any atom is -0.444 e. The smallest absolute Gasteiger partial charge is 0.444 e. The Morgan fingerprint density at radius 1 is 1.09 bits per heavy atom. The summed E-state index contributed by atoms with van der Waals surface area (Å²) in [5, 5.41) is 0. The van der Waals surface area contributed by atoms with Crippen LogP contribution < -0.4 is 5.46 Å².